The highest BCUT2D eigenvalue weighted by atomic mass is 16.7. The summed E-state index contributed by atoms with van der Waals surface area (Å²) in [6, 6.07) is 18.5. The predicted molar refractivity (Wildman–Crippen MR) is 144 cm³/mol. The Morgan fingerprint density at radius 2 is 1.68 bits per heavy atom. The van der Waals surface area contributed by atoms with Crippen LogP contribution < -0.4 is 14.4 Å². The monoisotopic (exact) mass is 511 g/mol. The van der Waals surface area contributed by atoms with Crippen LogP contribution in [-0.4, -0.2) is 39.9 Å². The molecule has 1 amide bonds. The third kappa shape index (κ3) is 4.26. The van der Waals surface area contributed by atoms with E-state index in [9.17, 15) is 14.7 Å². The summed E-state index contributed by atoms with van der Waals surface area (Å²) < 4.78 is 13.2. The molecule has 8 nitrogen and oxygen atoms in total. The number of carboxylic acids is 1. The largest absolute Gasteiger partial charge is 0.478 e. The second-order valence-corrected chi connectivity index (χ2v) is 9.77. The second kappa shape index (κ2) is 9.85. The maximum atomic E-state index is 13.5. The molecule has 0 spiro atoms. The third-order valence-electron chi connectivity index (χ3n) is 7.50. The molecule has 8 heteroatoms. The van der Waals surface area contributed by atoms with Crippen molar-refractivity contribution < 1.29 is 24.2 Å². The molecular formula is C30H29N3O5. The number of carbonyl (C=O) groups is 2. The molecule has 194 valence electrons. The van der Waals surface area contributed by atoms with E-state index in [0.29, 0.717) is 35.2 Å². The highest BCUT2D eigenvalue weighted by Crippen LogP contribution is 2.37. The number of nitrogens with zero attached hydrogens (tertiary/aromatic N) is 3. The van der Waals surface area contributed by atoms with Gasteiger partial charge in [-0.3, -0.25) is 4.79 Å². The standard InChI is InChI=1S/C30H29N3O5/c1-2-32(23-13-15-26-27(17-23)38-18-37-26)29(34)20-10-8-19(9-11-20)28-31-24-16-21(30(35)36)12-14-25(24)33(28)22-6-4-3-5-7-22/h8-17,22H,2-7,18H2,1H3,(H,35,36). The van der Waals surface area contributed by atoms with Crippen LogP contribution in [0.4, 0.5) is 5.69 Å². The molecule has 0 atom stereocenters. The Kier molecular flexibility index (Phi) is 6.23. The topological polar surface area (TPSA) is 93.9 Å². The quantitative estimate of drug-likeness (QED) is 0.326. The minimum atomic E-state index is -0.966. The molecule has 3 aromatic carbocycles. The summed E-state index contributed by atoms with van der Waals surface area (Å²) in [4.78, 5) is 31.6. The van der Waals surface area contributed by atoms with Crippen molar-refractivity contribution in [2.24, 2.45) is 0 Å². The first-order valence-electron chi connectivity index (χ1n) is 13.1. The van der Waals surface area contributed by atoms with Crippen LogP contribution in [0.1, 0.15) is 65.8 Å². The highest BCUT2D eigenvalue weighted by Gasteiger charge is 2.24. The van der Waals surface area contributed by atoms with Crippen LogP contribution in [0.15, 0.2) is 60.7 Å². The van der Waals surface area contributed by atoms with Crippen molar-refractivity contribution in [2.75, 3.05) is 18.2 Å². The molecule has 2 heterocycles. The van der Waals surface area contributed by atoms with Crippen LogP contribution >= 0.6 is 0 Å². The first-order valence-corrected chi connectivity index (χ1v) is 13.1. The molecule has 6 rings (SSSR count). The van der Waals surface area contributed by atoms with E-state index in [0.717, 1.165) is 48.3 Å². The van der Waals surface area contributed by atoms with E-state index in [2.05, 4.69) is 4.57 Å². The number of anilines is 1. The minimum absolute atomic E-state index is 0.107. The lowest BCUT2D eigenvalue weighted by atomic mass is 9.94. The predicted octanol–water partition coefficient (Wildman–Crippen LogP) is 6.30. The maximum Gasteiger partial charge on any atom is 0.335 e. The number of aromatic nitrogens is 2. The third-order valence-corrected chi connectivity index (χ3v) is 7.50. The summed E-state index contributed by atoms with van der Waals surface area (Å²) in [5.74, 6) is 1.04. The smallest absolute Gasteiger partial charge is 0.335 e. The van der Waals surface area contributed by atoms with Gasteiger partial charge in [-0.05, 0) is 62.2 Å². The maximum absolute atomic E-state index is 13.5. The minimum Gasteiger partial charge on any atom is -0.478 e. The Morgan fingerprint density at radius 1 is 0.947 bits per heavy atom. The highest BCUT2D eigenvalue weighted by molar-refractivity contribution is 6.06. The zero-order valence-corrected chi connectivity index (χ0v) is 21.2. The average molecular weight is 512 g/mol. The molecule has 1 saturated carbocycles. The SMILES string of the molecule is CCN(C(=O)c1ccc(-c2nc3cc(C(=O)O)ccc3n2C2CCCCC2)cc1)c1ccc2c(c1)OCO2. The van der Waals surface area contributed by atoms with Gasteiger partial charge in [0, 0.05) is 35.5 Å². The molecule has 2 aliphatic rings. The second-order valence-electron chi connectivity index (χ2n) is 9.77. The van der Waals surface area contributed by atoms with Crippen LogP contribution in [-0.2, 0) is 0 Å². The molecule has 1 fully saturated rings. The fraction of sp³-hybridized carbons (Fsp3) is 0.300. The van der Waals surface area contributed by atoms with E-state index in [1.807, 2.05) is 55.5 Å². The van der Waals surface area contributed by atoms with Crippen molar-refractivity contribution in [1.29, 1.82) is 0 Å². The molecule has 4 aromatic rings. The number of aromatic carboxylic acids is 1. The molecule has 0 unspecified atom stereocenters. The Labute approximate surface area is 220 Å². The van der Waals surface area contributed by atoms with Crippen molar-refractivity contribution in [3.05, 3.63) is 71.8 Å². The molecule has 1 aliphatic carbocycles. The fourth-order valence-corrected chi connectivity index (χ4v) is 5.56. The molecule has 0 radical (unpaired) electrons. The molecule has 1 aliphatic heterocycles. The van der Waals surface area contributed by atoms with Gasteiger partial charge < -0.3 is 24.0 Å². The van der Waals surface area contributed by atoms with Crippen molar-refractivity contribution in [2.45, 2.75) is 45.1 Å². The number of benzene rings is 3. The summed E-state index contributed by atoms with van der Waals surface area (Å²) in [6.45, 7) is 2.63. The van der Waals surface area contributed by atoms with Gasteiger partial charge in [0.1, 0.15) is 5.82 Å². The lowest BCUT2D eigenvalue weighted by molar-refractivity contribution is 0.0696. The number of rotatable bonds is 6. The first-order chi connectivity index (χ1) is 18.5. The first kappa shape index (κ1) is 24.0. The fourth-order valence-electron chi connectivity index (χ4n) is 5.56. The van der Waals surface area contributed by atoms with Crippen LogP contribution in [0.3, 0.4) is 0 Å². The lowest BCUT2D eigenvalue weighted by Crippen LogP contribution is -2.30. The number of ether oxygens (including phenoxy) is 2. The van der Waals surface area contributed by atoms with Gasteiger partial charge in [0.05, 0.1) is 16.6 Å². The van der Waals surface area contributed by atoms with Crippen molar-refractivity contribution in [3.8, 4) is 22.9 Å². The van der Waals surface area contributed by atoms with Gasteiger partial charge in [-0.2, -0.15) is 0 Å². The Hall–Kier alpha value is -4.33. The average Bonchev–Trinajstić information content (AvgIpc) is 3.58. The van der Waals surface area contributed by atoms with E-state index in [1.165, 1.54) is 6.42 Å². The van der Waals surface area contributed by atoms with Crippen LogP contribution in [0.2, 0.25) is 0 Å². The number of imidazole rings is 1. The zero-order valence-electron chi connectivity index (χ0n) is 21.2. The molecule has 38 heavy (non-hydrogen) atoms. The number of carbonyl (C=O) groups excluding carboxylic acids is 1. The zero-order chi connectivity index (χ0) is 26.2. The summed E-state index contributed by atoms with van der Waals surface area (Å²) in [6.07, 6.45) is 5.69. The lowest BCUT2D eigenvalue weighted by Gasteiger charge is -2.26. The van der Waals surface area contributed by atoms with E-state index < -0.39 is 5.97 Å². The normalized spacial score (nSPS) is 15.1. The van der Waals surface area contributed by atoms with Gasteiger partial charge >= 0.3 is 5.97 Å². The van der Waals surface area contributed by atoms with Gasteiger partial charge in [0.2, 0.25) is 6.79 Å². The van der Waals surface area contributed by atoms with Gasteiger partial charge in [0.15, 0.2) is 11.5 Å². The van der Waals surface area contributed by atoms with Crippen molar-refractivity contribution in [3.63, 3.8) is 0 Å². The van der Waals surface area contributed by atoms with Gasteiger partial charge in [-0.15, -0.1) is 0 Å². The van der Waals surface area contributed by atoms with Crippen LogP contribution in [0.25, 0.3) is 22.4 Å². The van der Waals surface area contributed by atoms with E-state index >= 15 is 0 Å². The molecule has 1 aromatic heterocycles. The summed E-state index contributed by atoms with van der Waals surface area (Å²) in [5.41, 5.74) is 4.05. The van der Waals surface area contributed by atoms with E-state index in [1.54, 1.807) is 17.0 Å². The van der Waals surface area contributed by atoms with Gasteiger partial charge in [-0.1, -0.05) is 31.4 Å². The van der Waals surface area contributed by atoms with Crippen molar-refractivity contribution >= 4 is 28.6 Å². The summed E-state index contributed by atoms with van der Waals surface area (Å²) in [5, 5.41) is 9.48. The molecular weight excluding hydrogens is 482 g/mol. The number of carboxylic acid groups (broad SMARTS) is 1. The van der Waals surface area contributed by atoms with E-state index in [4.69, 9.17) is 14.5 Å². The van der Waals surface area contributed by atoms with E-state index in [-0.39, 0.29) is 18.3 Å². The Morgan fingerprint density at radius 3 is 2.42 bits per heavy atom. The van der Waals surface area contributed by atoms with Gasteiger partial charge in [0.25, 0.3) is 5.91 Å². The Bertz CT molecular complexity index is 1520. The number of hydrogen-bond acceptors (Lipinski definition) is 5. The number of hydrogen-bond donors (Lipinski definition) is 1. The van der Waals surface area contributed by atoms with Gasteiger partial charge in [-0.25, -0.2) is 9.78 Å². The molecule has 0 bridgehead atoms. The molecule has 0 saturated heterocycles. The summed E-state index contributed by atoms with van der Waals surface area (Å²) >= 11 is 0. The van der Waals surface area contributed by atoms with Crippen LogP contribution in [0.5, 0.6) is 11.5 Å². The summed E-state index contributed by atoms with van der Waals surface area (Å²) in [7, 11) is 0. The number of fused-ring (bicyclic) bond motifs is 2. The number of amides is 1. The van der Waals surface area contributed by atoms with Crippen molar-refractivity contribution in [1.82, 2.24) is 9.55 Å². The Balaban J connectivity index is 1.34. The van der Waals surface area contributed by atoms with Crippen LogP contribution in [0, 0.1) is 0 Å². The molecule has 1 N–H and O–H groups in total.